The number of benzene rings is 1. The number of nitrogens with zero attached hydrogens (tertiary/aromatic N) is 3. The minimum atomic E-state index is 0.182. The Balaban J connectivity index is 1.38. The number of piperazine rings is 1. The number of rotatable bonds is 8. The van der Waals surface area contributed by atoms with Gasteiger partial charge >= 0.3 is 0 Å². The zero-order valence-electron chi connectivity index (χ0n) is 18.6. The van der Waals surface area contributed by atoms with Crippen molar-refractivity contribution < 1.29 is 13.9 Å². The summed E-state index contributed by atoms with van der Waals surface area (Å²) in [7, 11) is 0. The number of hydrogen-bond donors (Lipinski definition) is 0. The molecule has 1 saturated heterocycles. The molecule has 0 amide bonds. The Bertz CT molecular complexity index is 1010. The Kier molecular flexibility index (Phi) is 6.47. The molecule has 0 N–H and O–H groups in total. The highest BCUT2D eigenvalue weighted by Gasteiger charge is 2.23. The molecule has 0 aliphatic carbocycles. The molecular formula is C25H31N3O3. The van der Waals surface area contributed by atoms with Crippen LogP contribution in [0, 0.1) is 13.8 Å². The Morgan fingerprint density at radius 1 is 1.06 bits per heavy atom. The van der Waals surface area contributed by atoms with E-state index in [-0.39, 0.29) is 5.78 Å². The number of carbonyl (C=O) groups is 1. The maximum absolute atomic E-state index is 13.1. The van der Waals surface area contributed by atoms with E-state index in [1.165, 1.54) is 0 Å². The molecule has 0 saturated carbocycles. The van der Waals surface area contributed by atoms with Crippen molar-refractivity contribution in [3.63, 3.8) is 0 Å². The lowest BCUT2D eigenvalue weighted by atomic mass is 10.1. The Labute approximate surface area is 184 Å². The van der Waals surface area contributed by atoms with Gasteiger partial charge in [0.1, 0.15) is 11.5 Å². The van der Waals surface area contributed by atoms with Gasteiger partial charge in [-0.25, -0.2) is 0 Å². The predicted molar refractivity (Wildman–Crippen MR) is 122 cm³/mol. The SMILES string of the molecule is CCOc1ccccc1N1CCN(CC(=O)c2cc(C)n(Cc3ccco3)c2C)CC1. The zero-order chi connectivity index (χ0) is 21.8. The van der Waals surface area contributed by atoms with E-state index in [2.05, 4.69) is 20.4 Å². The van der Waals surface area contributed by atoms with Crippen LogP contribution in [-0.4, -0.2) is 54.6 Å². The van der Waals surface area contributed by atoms with Crippen molar-refractivity contribution in [2.75, 3.05) is 44.2 Å². The minimum Gasteiger partial charge on any atom is -0.492 e. The summed E-state index contributed by atoms with van der Waals surface area (Å²) in [4.78, 5) is 17.7. The third-order valence-corrected chi connectivity index (χ3v) is 6.01. The molecule has 1 aliphatic heterocycles. The van der Waals surface area contributed by atoms with Gasteiger partial charge in [0.15, 0.2) is 5.78 Å². The Hall–Kier alpha value is -2.99. The fourth-order valence-corrected chi connectivity index (χ4v) is 4.32. The molecule has 164 valence electrons. The fourth-order valence-electron chi connectivity index (χ4n) is 4.32. The first-order valence-electron chi connectivity index (χ1n) is 11.0. The van der Waals surface area contributed by atoms with E-state index in [0.717, 1.165) is 60.3 Å². The molecule has 0 atom stereocenters. The summed E-state index contributed by atoms with van der Waals surface area (Å²) in [5.41, 5.74) is 4.03. The van der Waals surface area contributed by atoms with Gasteiger partial charge < -0.3 is 18.6 Å². The zero-order valence-corrected chi connectivity index (χ0v) is 18.6. The molecule has 31 heavy (non-hydrogen) atoms. The summed E-state index contributed by atoms with van der Waals surface area (Å²) in [6.45, 7) is 11.3. The van der Waals surface area contributed by atoms with Crippen LogP contribution >= 0.6 is 0 Å². The van der Waals surface area contributed by atoms with E-state index in [0.29, 0.717) is 19.7 Å². The quantitative estimate of drug-likeness (QED) is 0.512. The number of Topliss-reactive ketones (excluding diaryl/α,β-unsaturated/α-hetero) is 1. The van der Waals surface area contributed by atoms with E-state index < -0.39 is 0 Å². The number of aromatic nitrogens is 1. The molecule has 4 rings (SSSR count). The number of anilines is 1. The number of furan rings is 1. The monoisotopic (exact) mass is 421 g/mol. The molecule has 0 unspecified atom stereocenters. The van der Waals surface area contributed by atoms with Crippen molar-refractivity contribution in [3.05, 3.63) is 71.4 Å². The maximum Gasteiger partial charge on any atom is 0.178 e. The maximum atomic E-state index is 13.1. The summed E-state index contributed by atoms with van der Waals surface area (Å²) in [6.07, 6.45) is 1.68. The molecule has 0 radical (unpaired) electrons. The average molecular weight is 422 g/mol. The highest BCUT2D eigenvalue weighted by atomic mass is 16.5. The summed E-state index contributed by atoms with van der Waals surface area (Å²) in [6, 6.07) is 14.0. The molecule has 3 aromatic rings. The van der Waals surface area contributed by atoms with E-state index >= 15 is 0 Å². The number of para-hydroxylation sites is 2. The number of ether oxygens (including phenoxy) is 1. The summed E-state index contributed by atoms with van der Waals surface area (Å²) < 4.78 is 13.4. The van der Waals surface area contributed by atoms with Gasteiger partial charge in [-0.15, -0.1) is 0 Å². The van der Waals surface area contributed by atoms with Crippen molar-refractivity contribution in [1.29, 1.82) is 0 Å². The number of carbonyl (C=O) groups excluding carboxylic acids is 1. The van der Waals surface area contributed by atoms with Gasteiger partial charge in [0.05, 0.1) is 31.6 Å². The van der Waals surface area contributed by atoms with Gasteiger partial charge in [0.25, 0.3) is 0 Å². The molecule has 0 bridgehead atoms. The van der Waals surface area contributed by atoms with Crippen LogP contribution in [0.4, 0.5) is 5.69 Å². The van der Waals surface area contributed by atoms with Gasteiger partial charge in [-0.2, -0.15) is 0 Å². The van der Waals surface area contributed by atoms with Crippen LogP contribution < -0.4 is 9.64 Å². The van der Waals surface area contributed by atoms with Gasteiger partial charge in [-0.1, -0.05) is 12.1 Å². The third-order valence-electron chi connectivity index (χ3n) is 6.01. The summed E-state index contributed by atoms with van der Waals surface area (Å²) in [5, 5.41) is 0. The molecule has 1 aromatic carbocycles. The van der Waals surface area contributed by atoms with Gasteiger partial charge in [-0.3, -0.25) is 9.69 Å². The van der Waals surface area contributed by atoms with Crippen LogP contribution in [0.1, 0.15) is 34.4 Å². The Morgan fingerprint density at radius 3 is 2.55 bits per heavy atom. The van der Waals surface area contributed by atoms with Crippen LogP contribution in [0.25, 0.3) is 0 Å². The predicted octanol–water partition coefficient (Wildman–Crippen LogP) is 4.15. The van der Waals surface area contributed by atoms with Crippen LogP contribution in [0.5, 0.6) is 5.75 Å². The topological polar surface area (TPSA) is 50.9 Å². The first-order valence-corrected chi connectivity index (χ1v) is 11.0. The summed E-state index contributed by atoms with van der Waals surface area (Å²) in [5.74, 6) is 2.00. The van der Waals surface area contributed by atoms with Gasteiger partial charge in [0.2, 0.25) is 0 Å². The molecule has 6 nitrogen and oxygen atoms in total. The van der Waals surface area contributed by atoms with Crippen LogP contribution in [0.15, 0.2) is 53.1 Å². The second-order valence-electron chi connectivity index (χ2n) is 8.04. The average Bonchev–Trinajstić information content (AvgIpc) is 3.39. The fraction of sp³-hybridized carbons (Fsp3) is 0.400. The summed E-state index contributed by atoms with van der Waals surface area (Å²) >= 11 is 0. The molecule has 1 fully saturated rings. The number of aryl methyl sites for hydroxylation is 1. The highest BCUT2D eigenvalue weighted by molar-refractivity contribution is 5.99. The lowest BCUT2D eigenvalue weighted by Gasteiger charge is -2.36. The molecule has 3 heterocycles. The smallest absolute Gasteiger partial charge is 0.178 e. The lowest BCUT2D eigenvalue weighted by Crippen LogP contribution is -2.48. The molecule has 6 heteroatoms. The number of ketones is 1. The van der Waals surface area contributed by atoms with E-state index in [9.17, 15) is 4.79 Å². The van der Waals surface area contributed by atoms with Crippen molar-refractivity contribution in [3.8, 4) is 5.75 Å². The van der Waals surface area contributed by atoms with Crippen LogP contribution in [0.2, 0.25) is 0 Å². The normalized spacial score (nSPS) is 14.7. The van der Waals surface area contributed by atoms with Gasteiger partial charge in [0, 0.05) is 43.1 Å². The largest absolute Gasteiger partial charge is 0.492 e. The van der Waals surface area contributed by atoms with Crippen molar-refractivity contribution >= 4 is 11.5 Å². The van der Waals surface area contributed by atoms with Crippen LogP contribution in [0.3, 0.4) is 0 Å². The molecule has 0 spiro atoms. The van der Waals surface area contributed by atoms with E-state index in [1.807, 2.05) is 57.2 Å². The number of hydrogen-bond acceptors (Lipinski definition) is 5. The standard InChI is InChI=1S/C25H31N3O3/c1-4-30-25-10-6-5-9-23(25)27-13-11-26(12-14-27)18-24(29)22-16-19(2)28(20(22)3)17-21-8-7-15-31-21/h5-10,15-16H,4,11-14,17-18H2,1-3H3. The van der Waals surface area contributed by atoms with Crippen molar-refractivity contribution in [1.82, 2.24) is 9.47 Å². The highest BCUT2D eigenvalue weighted by Crippen LogP contribution is 2.29. The van der Waals surface area contributed by atoms with Crippen LogP contribution in [-0.2, 0) is 6.54 Å². The van der Waals surface area contributed by atoms with E-state index in [4.69, 9.17) is 9.15 Å². The molecular weight excluding hydrogens is 390 g/mol. The first-order chi connectivity index (χ1) is 15.1. The Morgan fingerprint density at radius 2 is 1.84 bits per heavy atom. The second kappa shape index (κ2) is 9.43. The molecule has 2 aromatic heterocycles. The molecule has 1 aliphatic rings. The lowest BCUT2D eigenvalue weighted by molar-refractivity contribution is 0.0925. The van der Waals surface area contributed by atoms with E-state index in [1.54, 1.807) is 6.26 Å². The van der Waals surface area contributed by atoms with Crippen molar-refractivity contribution in [2.24, 2.45) is 0 Å². The second-order valence-corrected chi connectivity index (χ2v) is 8.04. The third kappa shape index (κ3) is 4.69. The van der Waals surface area contributed by atoms with Gasteiger partial charge in [-0.05, 0) is 51.1 Å². The van der Waals surface area contributed by atoms with Crippen molar-refractivity contribution in [2.45, 2.75) is 27.3 Å². The minimum absolute atomic E-state index is 0.182. The first kappa shape index (κ1) is 21.2.